The van der Waals surface area contributed by atoms with Crippen LogP contribution in [-0.2, 0) is 27.9 Å². The van der Waals surface area contributed by atoms with Crippen LogP contribution >= 0.6 is 7.82 Å². The van der Waals surface area contributed by atoms with Gasteiger partial charge in [-0.05, 0) is 70.6 Å². The van der Waals surface area contributed by atoms with Crippen molar-refractivity contribution in [2.24, 2.45) is 0 Å². The second kappa shape index (κ2) is 38.4. The average Bonchev–Trinajstić information content (AvgIpc) is 3.13. The third-order valence-corrected chi connectivity index (χ3v) is 8.55. The first-order valence-electron chi connectivity index (χ1n) is 19.6. The molecule has 0 saturated heterocycles. The highest BCUT2D eigenvalue weighted by Gasteiger charge is 2.26. The predicted molar refractivity (Wildman–Crippen MR) is 214 cm³/mol. The summed E-state index contributed by atoms with van der Waals surface area (Å²) < 4.78 is 33.1. The number of esters is 1. The lowest BCUT2D eigenvalue weighted by atomic mass is 10.1. The molecule has 0 fully saturated rings. The monoisotopic (exact) mass is 750 g/mol. The van der Waals surface area contributed by atoms with E-state index in [4.69, 9.17) is 23.6 Å². The minimum Gasteiger partial charge on any atom is -0.457 e. The number of phosphoric ester groups is 1. The van der Waals surface area contributed by atoms with Crippen molar-refractivity contribution in [3.63, 3.8) is 0 Å². The molecule has 0 bridgehead atoms. The van der Waals surface area contributed by atoms with Gasteiger partial charge in [0.05, 0.1) is 26.4 Å². The zero-order valence-electron chi connectivity index (χ0n) is 32.2. The standard InChI is InChI=1S/C42H71O9P/c1-3-5-7-9-11-12-13-14-15-16-17-18-19-20-21-22-23-24-25-26-27-29-31-33-35-48-38-41(39-50-52(46,47)49-37-40(44)36-43)51-42(45)34-32-30-28-10-8-6-4-2/h5,7,11-12,14-15,17-18,20-21,23-24,26-27,40-41,43-44H,3-4,6,8-10,13,16,19,22,25,28-39H2,1-2H3,(H,46,47)/b7-5-,12-11-,15-14-,18-17-,21-20-,24-23-,27-26-. The van der Waals surface area contributed by atoms with E-state index >= 15 is 0 Å². The van der Waals surface area contributed by atoms with Crippen molar-refractivity contribution in [2.45, 2.75) is 142 Å². The Balaban J connectivity index is 4.20. The number of hydrogen-bond acceptors (Lipinski definition) is 8. The highest BCUT2D eigenvalue weighted by molar-refractivity contribution is 7.47. The molecule has 0 aliphatic rings. The summed E-state index contributed by atoms with van der Waals surface area (Å²) in [4.78, 5) is 22.3. The summed E-state index contributed by atoms with van der Waals surface area (Å²) in [6, 6.07) is 0. The molecule has 0 aliphatic heterocycles. The van der Waals surface area contributed by atoms with Gasteiger partial charge in [-0.1, -0.05) is 137 Å². The van der Waals surface area contributed by atoms with Gasteiger partial charge >= 0.3 is 13.8 Å². The van der Waals surface area contributed by atoms with Gasteiger partial charge in [0.1, 0.15) is 12.2 Å². The van der Waals surface area contributed by atoms with Crippen LogP contribution in [0.15, 0.2) is 85.1 Å². The molecule has 3 unspecified atom stereocenters. The lowest BCUT2D eigenvalue weighted by molar-refractivity contribution is -0.154. The van der Waals surface area contributed by atoms with Gasteiger partial charge in [0.15, 0.2) is 0 Å². The SMILES string of the molecule is CC/C=C\C/C=C\C/C=C\C/C=C\C/C=C\C/C=C\C/C=C\CCCCOCC(COP(=O)(O)OCC(O)CO)OC(=O)CCCCCCCCC. The topological polar surface area (TPSA) is 132 Å². The van der Waals surface area contributed by atoms with E-state index in [1.165, 1.54) is 19.3 Å². The Kier molecular flexibility index (Phi) is 36.6. The van der Waals surface area contributed by atoms with Gasteiger partial charge in [0.25, 0.3) is 0 Å². The van der Waals surface area contributed by atoms with Crippen LogP contribution in [0.5, 0.6) is 0 Å². The first-order chi connectivity index (χ1) is 25.3. The summed E-state index contributed by atoms with van der Waals surface area (Å²) >= 11 is 0. The maximum absolute atomic E-state index is 12.4. The molecule has 0 saturated carbocycles. The van der Waals surface area contributed by atoms with Crippen molar-refractivity contribution in [1.29, 1.82) is 0 Å². The van der Waals surface area contributed by atoms with Crippen LogP contribution in [0, 0.1) is 0 Å². The number of allylic oxidation sites excluding steroid dienone is 14. The van der Waals surface area contributed by atoms with E-state index in [0.717, 1.165) is 83.5 Å². The zero-order valence-corrected chi connectivity index (χ0v) is 33.1. The van der Waals surface area contributed by atoms with Crippen LogP contribution in [-0.4, -0.2) is 66.3 Å². The normalized spacial score (nSPS) is 15.1. The Morgan fingerprint density at radius 1 is 0.615 bits per heavy atom. The minimum atomic E-state index is -4.52. The Morgan fingerprint density at radius 3 is 1.62 bits per heavy atom. The van der Waals surface area contributed by atoms with E-state index in [1.54, 1.807) is 0 Å². The fraction of sp³-hybridized carbons (Fsp3) is 0.643. The lowest BCUT2D eigenvalue weighted by Crippen LogP contribution is -2.29. The number of aliphatic hydroxyl groups excluding tert-OH is 2. The summed E-state index contributed by atoms with van der Waals surface area (Å²) in [6.45, 7) is 3.20. The molecule has 0 aromatic carbocycles. The molecule has 0 aromatic heterocycles. The number of phosphoric acid groups is 1. The van der Waals surface area contributed by atoms with E-state index in [0.29, 0.717) is 13.0 Å². The zero-order chi connectivity index (χ0) is 38.2. The maximum Gasteiger partial charge on any atom is 0.472 e. The van der Waals surface area contributed by atoms with E-state index in [1.807, 2.05) is 0 Å². The second-order valence-corrected chi connectivity index (χ2v) is 14.0. The molecule has 9 nitrogen and oxygen atoms in total. The number of carbonyl (C=O) groups excluding carboxylic acids is 1. The Bertz CT molecular complexity index is 1080. The summed E-state index contributed by atoms with van der Waals surface area (Å²) in [5.74, 6) is -0.410. The molecule has 298 valence electrons. The van der Waals surface area contributed by atoms with Crippen molar-refractivity contribution in [3.05, 3.63) is 85.1 Å². The van der Waals surface area contributed by atoms with Gasteiger partial charge in [-0.15, -0.1) is 0 Å². The number of unbranched alkanes of at least 4 members (excludes halogenated alkanes) is 8. The molecule has 0 radical (unpaired) electrons. The van der Waals surface area contributed by atoms with Crippen LogP contribution < -0.4 is 0 Å². The first kappa shape index (κ1) is 49.6. The fourth-order valence-corrected chi connectivity index (χ4v) is 5.42. The number of carbonyl (C=O) groups is 1. The van der Waals surface area contributed by atoms with E-state index in [-0.39, 0.29) is 13.0 Å². The fourth-order valence-electron chi connectivity index (χ4n) is 4.63. The van der Waals surface area contributed by atoms with Gasteiger partial charge in [-0.3, -0.25) is 13.8 Å². The highest BCUT2D eigenvalue weighted by atomic mass is 31.2. The predicted octanol–water partition coefficient (Wildman–Crippen LogP) is 10.4. The summed E-state index contributed by atoms with van der Waals surface area (Å²) in [6.07, 6.45) is 45.8. The van der Waals surface area contributed by atoms with Gasteiger partial charge in [-0.2, -0.15) is 0 Å². The van der Waals surface area contributed by atoms with E-state index in [2.05, 4.69) is 98.9 Å². The Morgan fingerprint density at radius 2 is 1.10 bits per heavy atom. The van der Waals surface area contributed by atoms with Crippen LogP contribution in [0.2, 0.25) is 0 Å². The van der Waals surface area contributed by atoms with Crippen LogP contribution in [0.1, 0.15) is 129 Å². The average molecular weight is 751 g/mol. The van der Waals surface area contributed by atoms with Gasteiger partial charge < -0.3 is 24.6 Å². The Labute approximate surface area is 315 Å². The van der Waals surface area contributed by atoms with Crippen molar-refractivity contribution < 1.29 is 43.0 Å². The third-order valence-electron chi connectivity index (χ3n) is 7.60. The molecular weight excluding hydrogens is 679 g/mol. The Hall–Kier alpha value is -2.36. The smallest absolute Gasteiger partial charge is 0.457 e. The molecule has 3 atom stereocenters. The molecular formula is C42H71O9P. The van der Waals surface area contributed by atoms with Crippen molar-refractivity contribution in [1.82, 2.24) is 0 Å². The molecule has 0 heterocycles. The molecule has 0 amide bonds. The summed E-state index contributed by atoms with van der Waals surface area (Å²) in [7, 11) is -4.52. The third kappa shape index (κ3) is 37.4. The van der Waals surface area contributed by atoms with Crippen LogP contribution in [0.25, 0.3) is 0 Å². The summed E-state index contributed by atoms with van der Waals surface area (Å²) in [5.41, 5.74) is 0. The number of ether oxygens (including phenoxy) is 2. The largest absolute Gasteiger partial charge is 0.472 e. The van der Waals surface area contributed by atoms with Gasteiger partial charge in [-0.25, -0.2) is 4.57 Å². The van der Waals surface area contributed by atoms with Crippen LogP contribution in [0.3, 0.4) is 0 Å². The molecule has 0 rings (SSSR count). The van der Waals surface area contributed by atoms with E-state index < -0.39 is 45.8 Å². The molecule has 0 aliphatic carbocycles. The molecule has 3 N–H and O–H groups in total. The second-order valence-electron chi connectivity index (χ2n) is 12.6. The van der Waals surface area contributed by atoms with Crippen LogP contribution in [0.4, 0.5) is 0 Å². The van der Waals surface area contributed by atoms with Crippen molar-refractivity contribution in [3.8, 4) is 0 Å². The number of aliphatic hydroxyl groups is 2. The van der Waals surface area contributed by atoms with Crippen molar-refractivity contribution in [2.75, 3.05) is 33.0 Å². The van der Waals surface area contributed by atoms with Gasteiger partial charge in [0.2, 0.25) is 0 Å². The molecule has 52 heavy (non-hydrogen) atoms. The summed E-state index contributed by atoms with van der Waals surface area (Å²) in [5, 5.41) is 18.2. The quantitative estimate of drug-likeness (QED) is 0.0248. The minimum absolute atomic E-state index is 0.0144. The highest BCUT2D eigenvalue weighted by Crippen LogP contribution is 2.43. The van der Waals surface area contributed by atoms with Crippen molar-refractivity contribution >= 4 is 13.8 Å². The molecule has 10 heteroatoms. The number of rotatable bonds is 36. The number of hydrogen-bond donors (Lipinski definition) is 3. The molecule has 0 aromatic rings. The molecule has 0 spiro atoms. The first-order valence-corrected chi connectivity index (χ1v) is 21.1. The van der Waals surface area contributed by atoms with E-state index in [9.17, 15) is 19.4 Å². The van der Waals surface area contributed by atoms with Gasteiger partial charge in [0, 0.05) is 13.0 Å². The lowest BCUT2D eigenvalue weighted by Gasteiger charge is -2.20. The maximum atomic E-state index is 12.4.